The third kappa shape index (κ3) is 4.23. The van der Waals surface area contributed by atoms with E-state index in [4.69, 9.17) is 9.31 Å². The van der Waals surface area contributed by atoms with E-state index in [1.165, 1.54) is 0 Å². The molecule has 0 radical (unpaired) electrons. The molecule has 0 saturated carbocycles. The number of nitriles is 1. The molecule has 0 aromatic carbocycles. The standard InChI is InChI=1S/C16H26BNO2/c1-7-9-14(15(3,4)12-18)10-8-11-17-19-13(2)16(5,6)20-17/h7-8,10,13-14H,1,9,11H2,2-6H3. The molecule has 0 amide bonds. The van der Waals surface area contributed by atoms with Gasteiger partial charge < -0.3 is 9.31 Å². The van der Waals surface area contributed by atoms with Crippen LogP contribution in [0.4, 0.5) is 0 Å². The molecule has 1 fully saturated rings. The molecule has 2 unspecified atom stereocenters. The molecule has 0 aliphatic carbocycles. The molecule has 0 aromatic rings. The Labute approximate surface area is 123 Å². The highest BCUT2D eigenvalue weighted by molar-refractivity contribution is 6.45. The van der Waals surface area contributed by atoms with Crippen molar-refractivity contribution in [3.8, 4) is 6.07 Å². The van der Waals surface area contributed by atoms with Crippen molar-refractivity contribution in [1.82, 2.24) is 0 Å². The van der Waals surface area contributed by atoms with E-state index in [0.717, 1.165) is 6.42 Å². The number of rotatable bonds is 6. The van der Waals surface area contributed by atoms with Crippen molar-refractivity contribution in [3.63, 3.8) is 0 Å². The van der Waals surface area contributed by atoms with Crippen molar-refractivity contribution >= 4 is 7.12 Å². The van der Waals surface area contributed by atoms with Gasteiger partial charge in [0, 0.05) is 6.32 Å². The quantitative estimate of drug-likeness (QED) is 0.543. The highest BCUT2D eigenvalue weighted by atomic mass is 16.7. The lowest BCUT2D eigenvalue weighted by Crippen LogP contribution is -2.30. The number of hydrogen-bond donors (Lipinski definition) is 0. The van der Waals surface area contributed by atoms with Gasteiger partial charge in [-0.1, -0.05) is 18.2 Å². The Balaban J connectivity index is 2.59. The first kappa shape index (κ1) is 17.0. The summed E-state index contributed by atoms with van der Waals surface area (Å²) >= 11 is 0. The maximum Gasteiger partial charge on any atom is 0.461 e. The molecule has 0 N–H and O–H groups in total. The average Bonchev–Trinajstić information content (AvgIpc) is 2.62. The van der Waals surface area contributed by atoms with Gasteiger partial charge in [-0.05, 0) is 47.0 Å². The highest BCUT2D eigenvalue weighted by Gasteiger charge is 2.41. The maximum atomic E-state index is 9.24. The van der Waals surface area contributed by atoms with Crippen molar-refractivity contribution < 1.29 is 9.31 Å². The third-order valence-electron chi connectivity index (χ3n) is 4.10. The Bertz CT molecular complexity index is 409. The third-order valence-corrected chi connectivity index (χ3v) is 4.10. The lowest BCUT2D eigenvalue weighted by Gasteiger charge is -2.24. The van der Waals surface area contributed by atoms with Crippen LogP contribution in [0, 0.1) is 22.7 Å². The van der Waals surface area contributed by atoms with Crippen LogP contribution in [0.15, 0.2) is 24.8 Å². The molecular formula is C16H26BNO2. The molecule has 3 nitrogen and oxygen atoms in total. The molecule has 4 heteroatoms. The second-order valence-electron chi connectivity index (χ2n) is 6.56. The van der Waals surface area contributed by atoms with Gasteiger partial charge in [-0.2, -0.15) is 5.26 Å². The summed E-state index contributed by atoms with van der Waals surface area (Å²) < 4.78 is 11.6. The van der Waals surface area contributed by atoms with Crippen molar-refractivity contribution in [2.24, 2.45) is 11.3 Å². The topological polar surface area (TPSA) is 42.2 Å². The maximum absolute atomic E-state index is 9.24. The van der Waals surface area contributed by atoms with Crippen LogP contribution in [0.2, 0.25) is 6.32 Å². The van der Waals surface area contributed by atoms with Gasteiger partial charge in [-0.25, -0.2) is 0 Å². The first-order valence-electron chi connectivity index (χ1n) is 7.25. The zero-order chi connectivity index (χ0) is 15.4. The van der Waals surface area contributed by atoms with E-state index in [1.807, 2.05) is 40.7 Å². The molecule has 0 spiro atoms. The molecule has 0 bridgehead atoms. The van der Waals surface area contributed by atoms with Crippen LogP contribution >= 0.6 is 0 Å². The van der Waals surface area contributed by atoms with Crippen LogP contribution in [-0.2, 0) is 9.31 Å². The van der Waals surface area contributed by atoms with Crippen LogP contribution in [0.5, 0.6) is 0 Å². The Morgan fingerprint density at radius 1 is 1.50 bits per heavy atom. The van der Waals surface area contributed by atoms with Gasteiger partial charge in [0.05, 0.1) is 23.2 Å². The zero-order valence-corrected chi connectivity index (χ0v) is 13.3. The molecule has 2 atom stereocenters. The first-order valence-corrected chi connectivity index (χ1v) is 7.25. The molecule has 1 rings (SSSR count). The Kier molecular flexibility index (Phi) is 5.62. The van der Waals surface area contributed by atoms with Crippen molar-refractivity contribution in [3.05, 3.63) is 24.8 Å². The fraction of sp³-hybridized carbons (Fsp3) is 0.688. The van der Waals surface area contributed by atoms with E-state index >= 15 is 0 Å². The molecule has 1 heterocycles. The number of hydrogen-bond acceptors (Lipinski definition) is 3. The smallest absolute Gasteiger partial charge is 0.406 e. The van der Waals surface area contributed by atoms with Gasteiger partial charge in [-0.3, -0.25) is 0 Å². The summed E-state index contributed by atoms with van der Waals surface area (Å²) in [6.45, 7) is 13.8. The summed E-state index contributed by atoms with van der Waals surface area (Å²) in [6.07, 6.45) is 7.62. The van der Waals surface area contributed by atoms with Crippen LogP contribution < -0.4 is 0 Å². The summed E-state index contributed by atoms with van der Waals surface area (Å²) in [6, 6.07) is 2.36. The van der Waals surface area contributed by atoms with Gasteiger partial charge >= 0.3 is 7.12 Å². The molecule has 1 saturated heterocycles. The van der Waals surface area contributed by atoms with Crippen molar-refractivity contribution in [1.29, 1.82) is 5.26 Å². The van der Waals surface area contributed by atoms with E-state index in [-0.39, 0.29) is 24.7 Å². The highest BCUT2D eigenvalue weighted by Crippen LogP contribution is 2.31. The van der Waals surface area contributed by atoms with E-state index < -0.39 is 5.41 Å². The Morgan fingerprint density at radius 3 is 2.60 bits per heavy atom. The summed E-state index contributed by atoms with van der Waals surface area (Å²) in [5, 5.41) is 9.24. The van der Waals surface area contributed by atoms with E-state index in [2.05, 4.69) is 24.8 Å². The number of allylic oxidation sites excluding steroid dienone is 3. The minimum Gasteiger partial charge on any atom is -0.406 e. The van der Waals surface area contributed by atoms with Gasteiger partial charge in [0.1, 0.15) is 0 Å². The fourth-order valence-electron chi connectivity index (χ4n) is 2.19. The van der Waals surface area contributed by atoms with Gasteiger partial charge in [0.15, 0.2) is 0 Å². The zero-order valence-electron chi connectivity index (χ0n) is 13.3. The molecular weight excluding hydrogens is 249 g/mol. The lowest BCUT2D eigenvalue weighted by molar-refractivity contribution is 0.0840. The van der Waals surface area contributed by atoms with Gasteiger partial charge in [-0.15, -0.1) is 6.58 Å². The van der Waals surface area contributed by atoms with Crippen molar-refractivity contribution in [2.75, 3.05) is 0 Å². The molecule has 0 aromatic heterocycles. The first-order chi connectivity index (χ1) is 9.23. The van der Waals surface area contributed by atoms with E-state index in [9.17, 15) is 5.26 Å². The lowest BCUT2D eigenvalue weighted by atomic mass is 9.76. The minimum absolute atomic E-state index is 0.0976. The van der Waals surface area contributed by atoms with Crippen LogP contribution in [0.3, 0.4) is 0 Å². The average molecular weight is 275 g/mol. The van der Waals surface area contributed by atoms with E-state index in [0.29, 0.717) is 6.32 Å². The normalized spacial score (nSPS) is 23.8. The predicted molar refractivity (Wildman–Crippen MR) is 83.1 cm³/mol. The molecule has 20 heavy (non-hydrogen) atoms. The second kappa shape index (κ2) is 6.60. The second-order valence-corrected chi connectivity index (χ2v) is 6.56. The van der Waals surface area contributed by atoms with E-state index in [1.54, 1.807) is 0 Å². The predicted octanol–water partition coefficient (Wildman–Crippen LogP) is 3.99. The van der Waals surface area contributed by atoms with Crippen LogP contribution in [0.1, 0.15) is 41.0 Å². The summed E-state index contributed by atoms with van der Waals surface area (Å²) in [5.41, 5.74) is -0.625. The summed E-state index contributed by atoms with van der Waals surface area (Å²) in [4.78, 5) is 0. The van der Waals surface area contributed by atoms with Gasteiger partial charge in [0.2, 0.25) is 0 Å². The van der Waals surface area contributed by atoms with Crippen LogP contribution in [-0.4, -0.2) is 18.8 Å². The SMILES string of the molecule is C=CCC(C=CCB1OC(C)C(C)(C)O1)C(C)(C)C#N. The largest absolute Gasteiger partial charge is 0.461 e. The molecule has 110 valence electrons. The molecule has 1 aliphatic heterocycles. The summed E-state index contributed by atoms with van der Waals surface area (Å²) in [7, 11) is -0.189. The summed E-state index contributed by atoms with van der Waals surface area (Å²) in [5.74, 6) is 0.164. The van der Waals surface area contributed by atoms with Crippen molar-refractivity contribution in [2.45, 2.75) is 59.1 Å². The Hall–Kier alpha value is -1.05. The van der Waals surface area contributed by atoms with Gasteiger partial charge in [0.25, 0.3) is 0 Å². The molecule has 1 aliphatic rings. The fourth-order valence-corrected chi connectivity index (χ4v) is 2.19. The number of nitrogens with zero attached hydrogens (tertiary/aromatic N) is 1. The minimum atomic E-state index is -0.394. The monoisotopic (exact) mass is 275 g/mol. The van der Waals surface area contributed by atoms with Crippen LogP contribution in [0.25, 0.3) is 0 Å². The Morgan fingerprint density at radius 2 is 2.15 bits per heavy atom.